The molecule has 5 saturated carbocycles. The molecule has 0 amide bonds. The van der Waals surface area contributed by atoms with Gasteiger partial charge in [-0.1, -0.05) is 82.1 Å². The van der Waals surface area contributed by atoms with Crippen LogP contribution in [-0.4, -0.2) is 12.1 Å². The van der Waals surface area contributed by atoms with Crippen molar-refractivity contribution >= 4 is 0 Å². The Kier molecular flexibility index (Phi) is 17.4. The number of hydrogen-bond donors (Lipinski definition) is 0. The number of hydrogen-bond acceptors (Lipinski definition) is 0. The molecule has 1 atom stereocenters. The van der Waals surface area contributed by atoms with Crippen molar-refractivity contribution in [1.82, 2.24) is 0 Å². The van der Waals surface area contributed by atoms with Gasteiger partial charge < -0.3 is 0 Å². The third kappa shape index (κ3) is 22.3. The highest BCUT2D eigenvalue weighted by Gasteiger charge is 2.55. The fourth-order valence-electron chi connectivity index (χ4n) is 5.92. The molecule has 0 aromatic heterocycles. The summed E-state index contributed by atoms with van der Waals surface area (Å²) in [7, 11) is 0. The van der Waals surface area contributed by atoms with Crippen LogP contribution >= 0.6 is 0 Å². The first-order valence-electron chi connectivity index (χ1n) is 15.9. The van der Waals surface area contributed by atoms with E-state index in [1.54, 1.807) is 40.0 Å². The van der Waals surface area contributed by atoms with Gasteiger partial charge in [-0.25, -0.2) is 13.2 Å². The van der Waals surface area contributed by atoms with Crippen LogP contribution in [0.1, 0.15) is 154 Å². The van der Waals surface area contributed by atoms with Crippen LogP contribution in [0.3, 0.4) is 0 Å². The van der Waals surface area contributed by atoms with Crippen molar-refractivity contribution in [1.29, 1.82) is 0 Å². The van der Waals surface area contributed by atoms with E-state index < -0.39 is 12.1 Å². The molecule has 0 radical (unpaired) electrons. The van der Waals surface area contributed by atoms with Crippen molar-refractivity contribution in [2.75, 3.05) is 0 Å². The minimum Gasteiger partial charge on any atom is -0.248 e. The molecule has 224 valence electrons. The lowest BCUT2D eigenvalue weighted by atomic mass is 9.42. The van der Waals surface area contributed by atoms with Gasteiger partial charge in [-0.3, -0.25) is 0 Å². The standard InChI is InChI=1S/C9H16.C7H14.C6H12F2.C6H13F.C6H12/c1-7(2)3-9-4-8(5-9)6-9;1-6(2)5-7-3-4-7;1-5(2)4-6(3,7)8;1-5(2)4-6(3)7;1-5(2)6-3-4-6/h7-8H,3-6H2,1-2H3;6-7H,3-5H2,1-2H3;5H,4H2,1-3H3;5-6H,4H2,1-3H3;5-6H,3-4H2,1-2H3. The molecule has 0 N–H and O–H groups in total. The molecule has 37 heavy (non-hydrogen) atoms. The van der Waals surface area contributed by atoms with E-state index in [-0.39, 0.29) is 12.3 Å². The molecule has 5 fully saturated rings. The summed E-state index contributed by atoms with van der Waals surface area (Å²) in [5.41, 5.74) is 0.888. The molecule has 0 heterocycles. The van der Waals surface area contributed by atoms with Gasteiger partial charge in [0.25, 0.3) is 0 Å². The van der Waals surface area contributed by atoms with Crippen LogP contribution in [0.4, 0.5) is 13.2 Å². The number of rotatable bonds is 9. The van der Waals surface area contributed by atoms with Gasteiger partial charge in [-0.05, 0) is 118 Å². The van der Waals surface area contributed by atoms with Gasteiger partial charge in [-0.15, -0.1) is 0 Å². The normalized spacial score (nSPS) is 24.5. The predicted molar refractivity (Wildman–Crippen MR) is 159 cm³/mol. The summed E-state index contributed by atoms with van der Waals surface area (Å²) in [4.78, 5) is 0. The minimum absolute atomic E-state index is 0.00694. The monoisotopic (exact) mass is 533 g/mol. The van der Waals surface area contributed by atoms with Gasteiger partial charge in [-0.2, -0.15) is 0 Å². The Morgan fingerprint density at radius 1 is 0.703 bits per heavy atom. The average molecular weight is 533 g/mol. The van der Waals surface area contributed by atoms with Crippen LogP contribution in [0.5, 0.6) is 0 Å². The van der Waals surface area contributed by atoms with Crippen LogP contribution in [0.25, 0.3) is 0 Å². The molecule has 3 heteroatoms. The van der Waals surface area contributed by atoms with Crippen molar-refractivity contribution in [2.24, 2.45) is 52.8 Å². The maximum Gasteiger partial charge on any atom is 0.245 e. The Bertz CT molecular complexity index is 515. The van der Waals surface area contributed by atoms with Gasteiger partial charge in [0.2, 0.25) is 5.92 Å². The van der Waals surface area contributed by atoms with Crippen LogP contribution < -0.4 is 0 Å². The summed E-state index contributed by atoms with van der Waals surface area (Å²) >= 11 is 0. The lowest BCUT2D eigenvalue weighted by Crippen LogP contribution is -2.52. The Hall–Kier alpha value is -0.210. The molecular weight excluding hydrogens is 465 g/mol. The van der Waals surface area contributed by atoms with E-state index in [0.717, 1.165) is 41.9 Å². The summed E-state index contributed by atoms with van der Waals surface area (Å²) in [6, 6.07) is 0. The smallest absolute Gasteiger partial charge is 0.245 e. The largest absolute Gasteiger partial charge is 0.248 e. The molecule has 0 aromatic carbocycles. The highest BCUT2D eigenvalue weighted by Crippen LogP contribution is 2.67. The third-order valence-corrected chi connectivity index (χ3v) is 7.64. The Balaban J connectivity index is 0.000000441. The fraction of sp³-hybridized carbons (Fsp3) is 1.00. The first-order chi connectivity index (χ1) is 16.8. The van der Waals surface area contributed by atoms with E-state index in [4.69, 9.17) is 0 Å². The second kappa shape index (κ2) is 17.5. The van der Waals surface area contributed by atoms with Gasteiger partial charge in [0.1, 0.15) is 0 Å². The van der Waals surface area contributed by atoms with E-state index in [2.05, 4.69) is 41.5 Å². The Labute approximate surface area is 231 Å². The molecule has 0 spiro atoms. The van der Waals surface area contributed by atoms with Crippen LogP contribution in [0, 0.1) is 52.8 Å². The fourth-order valence-corrected chi connectivity index (χ4v) is 5.92. The van der Waals surface area contributed by atoms with Gasteiger partial charge >= 0.3 is 0 Å². The minimum atomic E-state index is -2.48. The van der Waals surface area contributed by atoms with Crippen molar-refractivity contribution in [3.63, 3.8) is 0 Å². The molecular formula is C34H67F3. The van der Waals surface area contributed by atoms with Gasteiger partial charge in [0.15, 0.2) is 0 Å². The van der Waals surface area contributed by atoms with Crippen molar-refractivity contribution in [2.45, 2.75) is 166 Å². The first-order valence-corrected chi connectivity index (χ1v) is 15.9. The van der Waals surface area contributed by atoms with Crippen LogP contribution in [-0.2, 0) is 0 Å². The quantitative estimate of drug-likeness (QED) is 0.277. The first kappa shape index (κ1) is 36.8. The molecule has 0 aromatic rings. The third-order valence-electron chi connectivity index (χ3n) is 7.64. The maximum absolute atomic E-state index is 12.0. The zero-order chi connectivity index (χ0) is 29.0. The zero-order valence-electron chi connectivity index (χ0n) is 27.1. The van der Waals surface area contributed by atoms with Crippen LogP contribution in [0.15, 0.2) is 0 Å². The second-order valence-corrected chi connectivity index (χ2v) is 15.3. The number of halogens is 3. The van der Waals surface area contributed by atoms with E-state index in [9.17, 15) is 13.2 Å². The molecule has 2 bridgehead atoms. The molecule has 5 aliphatic rings. The van der Waals surface area contributed by atoms with Gasteiger partial charge in [0.05, 0.1) is 6.17 Å². The van der Waals surface area contributed by atoms with E-state index in [0.29, 0.717) is 12.3 Å². The van der Waals surface area contributed by atoms with Crippen molar-refractivity contribution in [3.05, 3.63) is 0 Å². The summed E-state index contributed by atoms with van der Waals surface area (Å²) < 4.78 is 35.9. The average Bonchev–Trinajstić information content (AvgIpc) is 3.48. The summed E-state index contributed by atoms with van der Waals surface area (Å²) in [5, 5.41) is 0. The summed E-state index contributed by atoms with van der Waals surface area (Å²) in [5.74, 6) is 4.35. The highest BCUT2D eigenvalue weighted by molar-refractivity contribution is 5.06. The number of alkyl halides is 3. The predicted octanol–water partition coefficient (Wildman–Crippen LogP) is 12.4. The lowest BCUT2D eigenvalue weighted by Gasteiger charge is -2.63. The Morgan fingerprint density at radius 2 is 1.19 bits per heavy atom. The Morgan fingerprint density at radius 3 is 1.24 bits per heavy atom. The van der Waals surface area contributed by atoms with E-state index >= 15 is 0 Å². The molecule has 0 aliphatic heterocycles. The molecule has 0 nitrogen and oxygen atoms in total. The SMILES string of the molecule is CC(C)C1CC1.CC(C)CC(C)(F)F.CC(C)CC(C)F.CC(C)CC12CC(C1)C2.CC(C)CC1CC1. The molecule has 5 rings (SSSR count). The summed E-state index contributed by atoms with van der Waals surface area (Å²) in [6.45, 7) is 24.1. The van der Waals surface area contributed by atoms with Crippen molar-refractivity contribution in [3.8, 4) is 0 Å². The van der Waals surface area contributed by atoms with Gasteiger partial charge in [0, 0.05) is 6.42 Å². The zero-order valence-corrected chi connectivity index (χ0v) is 27.1. The van der Waals surface area contributed by atoms with E-state index in [1.165, 1.54) is 44.4 Å². The van der Waals surface area contributed by atoms with Crippen LogP contribution in [0.2, 0.25) is 0 Å². The second-order valence-electron chi connectivity index (χ2n) is 15.3. The lowest BCUT2D eigenvalue weighted by molar-refractivity contribution is -0.119. The molecule has 0 saturated heterocycles. The highest BCUT2D eigenvalue weighted by atomic mass is 19.3. The molecule has 5 aliphatic carbocycles. The summed E-state index contributed by atoms with van der Waals surface area (Å²) in [6.07, 6.45) is 13.8. The topological polar surface area (TPSA) is 0 Å². The van der Waals surface area contributed by atoms with E-state index in [1.807, 2.05) is 13.8 Å². The molecule has 1 unspecified atom stereocenters. The maximum atomic E-state index is 12.0. The van der Waals surface area contributed by atoms with Crippen molar-refractivity contribution < 1.29 is 13.2 Å².